The fourth-order valence-electron chi connectivity index (χ4n) is 4.23. The zero-order valence-electron chi connectivity index (χ0n) is 17.1. The number of likely N-dealkylation sites (N-methyl/N-ethyl adjacent to an activating group) is 1. The van der Waals surface area contributed by atoms with E-state index in [0.29, 0.717) is 18.0 Å². The van der Waals surface area contributed by atoms with E-state index in [4.69, 9.17) is 4.74 Å². The first-order valence-electron chi connectivity index (χ1n) is 10.7. The van der Waals surface area contributed by atoms with E-state index in [1.54, 1.807) is 19.0 Å². The second-order valence-electron chi connectivity index (χ2n) is 8.53. The van der Waals surface area contributed by atoms with E-state index in [9.17, 15) is 4.79 Å². The molecule has 7 heteroatoms. The topological polar surface area (TPSA) is 69.2 Å². The minimum Gasteiger partial charge on any atom is -0.381 e. The van der Waals surface area contributed by atoms with Crippen LogP contribution >= 0.6 is 0 Å². The van der Waals surface area contributed by atoms with Crippen LogP contribution in [0.2, 0.25) is 0 Å². The van der Waals surface area contributed by atoms with Gasteiger partial charge in [0.25, 0.3) is 0 Å². The van der Waals surface area contributed by atoms with Gasteiger partial charge in [0.05, 0.1) is 6.61 Å². The number of nitrogens with zero attached hydrogens (tertiary/aromatic N) is 3. The predicted molar refractivity (Wildman–Crippen MR) is 108 cm³/mol. The van der Waals surface area contributed by atoms with E-state index in [-0.39, 0.29) is 12.5 Å². The molecule has 27 heavy (non-hydrogen) atoms. The number of hydrogen-bond donors (Lipinski definition) is 2. The van der Waals surface area contributed by atoms with Crippen molar-refractivity contribution in [2.75, 3.05) is 53.5 Å². The van der Waals surface area contributed by atoms with Crippen molar-refractivity contribution in [1.82, 2.24) is 20.4 Å². The SMILES string of the molecule is CN(C)C(=O)CN=C(NC1CCCC1)NC1CCN(CC2CCOC2)CC1. The molecule has 1 saturated carbocycles. The average molecular weight is 380 g/mol. The van der Waals surface area contributed by atoms with Crippen LogP contribution in [0.1, 0.15) is 44.9 Å². The molecule has 0 aromatic heterocycles. The Morgan fingerprint density at radius 1 is 1.07 bits per heavy atom. The summed E-state index contributed by atoms with van der Waals surface area (Å²) < 4.78 is 5.50. The average Bonchev–Trinajstić information content (AvgIpc) is 3.35. The number of hydrogen-bond acceptors (Lipinski definition) is 4. The molecular weight excluding hydrogens is 342 g/mol. The van der Waals surface area contributed by atoms with Crippen molar-refractivity contribution in [3.05, 3.63) is 0 Å². The minimum atomic E-state index is 0.0381. The molecule has 0 radical (unpaired) electrons. The number of piperidine rings is 1. The fraction of sp³-hybridized carbons (Fsp3) is 0.900. The fourth-order valence-corrected chi connectivity index (χ4v) is 4.23. The summed E-state index contributed by atoms with van der Waals surface area (Å²) in [7, 11) is 3.56. The molecule has 0 aromatic rings. The van der Waals surface area contributed by atoms with E-state index in [1.807, 2.05) is 0 Å². The predicted octanol–water partition coefficient (Wildman–Crippen LogP) is 1.05. The minimum absolute atomic E-state index is 0.0381. The Hall–Kier alpha value is -1.34. The smallest absolute Gasteiger partial charge is 0.243 e. The Kier molecular flexibility index (Phi) is 7.76. The maximum atomic E-state index is 11.9. The third-order valence-corrected chi connectivity index (χ3v) is 6.04. The number of carbonyl (C=O) groups excluding carboxylic acids is 1. The zero-order chi connectivity index (χ0) is 19.1. The summed E-state index contributed by atoms with van der Waals surface area (Å²) in [5.74, 6) is 1.57. The van der Waals surface area contributed by atoms with Crippen LogP contribution in [0, 0.1) is 5.92 Å². The van der Waals surface area contributed by atoms with E-state index >= 15 is 0 Å². The Bertz CT molecular complexity index is 491. The lowest BCUT2D eigenvalue weighted by Gasteiger charge is -2.34. The molecule has 7 nitrogen and oxygen atoms in total. The molecule has 3 aliphatic rings. The molecule has 3 fully saturated rings. The molecule has 2 N–H and O–H groups in total. The number of rotatable bonds is 6. The lowest BCUT2D eigenvalue weighted by Crippen LogP contribution is -2.51. The van der Waals surface area contributed by atoms with Gasteiger partial charge < -0.3 is 25.2 Å². The van der Waals surface area contributed by atoms with Crippen molar-refractivity contribution in [2.45, 2.75) is 57.0 Å². The van der Waals surface area contributed by atoms with Gasteiger partial charge in [-0.3, -0.25) is 4.79 Å². The lowest BCUT2D eigenvalue weighted by molar-refractivity contribution is -0.127. The number of carbonyl (C=O) groups is 1. The molecule has 2 heterocycles. The molecule has 2 saturated heterocycles. The highest BCUT2D eigenvalue weighted by Crippen LogP contribution is 2.19. The van der Waals surface area contributed by atoms with Crippen LogP contribution in [-0.4, -0.2) is 87.2 Å². The number of ether oxygens (including phenoxy) is 1. The standard InChI is InChI=1S/C20H37N5O2/c1-24(2)19(26)13-21-20(22-17-5-3-4-6-17)23-18-7-10-25(11-8-18)14-16-9-12-27-15-16/h16-18H,3-15H2,1-2H3,(H2,21,22,23). The first-order valence-corrected chi connectivity index (χ1v) is 10.7. The van der Waals surface area contributed by atoms with Gasteiger partial charge in [-0.15, -0.1) is 0 Å². The Labute approximate surface area is 163 Å². The van der Waals surface area contributed by atoms with E-state index in [0.717, 1.165) is 45.1 Å². The van der Waals surface area contributed by atoms with E-state index in [2.05, 4.69) is 20.5 Å². The zero-order valence-corrected chi connectivity index (χ0v) is 17.1. The van der Waals surface area contributed by atoms with Crippen molar-refractivity contribution < 1.29 is 9.53 Å². The molecule has 1 unspecified atom stereocenters. The van der Waals surface area contributed by atoms with Gasteiger partial charge in [-0.2, -0.15) is 0 Å². The van der Waals surface area contributed by atoms with Crippen molar-refractivity contribution in [3.8, 4) is 0 Å². The molecule has 0 aromatic carbocycles. The second-order valence-corrected chi connectivity index (χ2v) is 8.53. The largest absolute Gasteiger partial charge is 0.381 e. The normalized spacial score (nSPS) is 25.7. The van der Waals surface area contributed by atoms with Crippen LogP contribution in [0.25, 0.3) is 0 Å². The summed E-state index contributed by atoms with van der Waals surface area (Å²) in [6.07, 6.45) is 8.42. The number of nitrogens with one attached hydrogen (secondary N) is 2. The van der Waals surface area contributed by atoms with Gasteiger partial charge in [-0.1, -0.05) is 12.8 Å². The number of amides is 1. The molecule has 154 valence electrons. The molecule has 2 aliphatic heterocycles. The molecule has 0 bridgehead atoms. The molecule has 1 amide bonds. The lowest BCUT2D eigenvalue weighted by atomic mass is 10.0. The monoisotopic (exact) mass is 379 g/mol. The third-order valence-electron chi connectivity index (χ3n) is 6.04. The van der Waals surface area contributed by atoms with Crippen LogP contribution in [-0.2, 0) is 9.53 Å². The first-order chi connectivity index (χ1) is 13.1. The number of likely N-dealkylation sites (tertiary alicyclic amines) is 1. The van der Waals surface area contributed by atoms with Gasteiger partial charge in [-0.05, 0) is 38.0 Å². The van der Waals surface area contributed by atoms with Crippen molar-refractivity contribution in [3.63, 3.8) is 0 Å². The summed E-state index contributed by atoms with van der Waals surface area (Å²) >= 11 is 0. The van der Waals surface area contributed by atoms with Gasteiger partial charge in [0.15, 0.2) is 5.96 Å². The highest BCUT2D eigenvalue weighted by atomic mass is 16.5. The van der Waals surface area contributed by atoms with Crippen molar-refractivity contribution in [2.24, 2.45) is 10.9 Å². The quantitative estimate of drug-likeness (QED) is 0.533. The van der Waals surface area contributed by atoms with Crippen LogP contribution < -0.4 is 10.6 Å². The number of aliphatic imine (C=N–C) groups is 1. The van der Waals surface area contributed by atoms with Gasteiger partial charge in [0, 0.05) is 52.4 Å². The summed E-state index contributed by atoms with van der Waals surface area (Å²) in [5.41, 5.74) is 0. The Morgan fingerprint density at radius 3 is 2.33 bits per heavy atom. The van der Waals surface area contributed by atoms with Crippen LogP contribution in [0.4, 0.5) is 0 Å². The Balaban J connectivity index is 1.47. The van der Waals surface area contributed by atoms with E-state index < -0.39 is 0 Å². The van der Waals surface area contributed by atoms with Crippen LogP contribution in [0.15, 0.2) is 4.99 Å². The highest BCUT2D eigenvalue weighted by molar-refractivity contribution is 5.85. The summed E-state index contributed by atoms with van der Waals surface area (Å²) in [4.78, 5) is 20.7. The number of guanidine groups is 1. The molecule has 0 spiro atoms. The molecule has 1 aliphatic carbocycles. The van der Waals surface area contributed by atoms with Crippen LogP contribution in [0.5, 0.6) is 0 Å². The summed E-state index contributed by atoms with van der Waals surface area (Å²) in [6.45, 7) is 5.49. The Morgan fingerprint density at radius 2 is 1.74 bits per heavy atom. The molecular formula is C20H37N5O2. The van der Waals surface area contributed by atoms with Crippen LogP contribution in [0.3, 0.4) is 0 Å². The molecule has 1 atom stereocenters. The van der Waals surface area contributed by atoms with Gasteiger partial charge in [-0.25, -0.2) is 4.99 Å². The van der Waals surface area contributed by atoms with Gasteiger partial charge in [0.2, 0.25) is 5.91 Å². The van der Waals surface area contributed by atoms with Gasteiger partial charge >= 0.3 is 0 Å². The second kappa shape index (κ2) is 10.3. The maximum Gasteiger partial charge on any atom is 0.243 e. The van der Waals surface area contributed by atoms with Crippen molar-refractivity contribution >= 4 is 11.9 Å². The third kappa shape index (κ3) is 6.64. The molecule has 3 rings (SSSR count). The summed E-state index contributed by atoms with van der Waals surface area (Å²) in [5, 5.41) is 7.17. The maximum absolute atomic E-state index is 11.9. The first kappa shape index (κ1) is 20.4. The van der Waals surface area contributed by atoms with Crippen molar-refractivity contribution in [1.29, 1.82) is 0 Å². The van der Waals surface area contributed by atoms with Gasteiger partial charge in [0.1, 0.15) is 6.54 Å². The highest BCUT2D eigenvalue weighted by Gasteiger charge is 2.25. The van der Waals surface area contributed by atoms with E-state index in [1.165, 1.54) is 38.6 Å². The summed E-state index contributed by atoms with van der Waals surface area (Å²) in [6, 6.07) is 0.927.